The molecule has 1 aliphatic heterocycles. The van der Waals surface area contributed by atoms with E-state index in [-0.39, 0.29) is 0 Å². The number of hydrogen-bond acceptors (Lipinski definition) is 3. The van der Waals surface area contributed by atoms with E-state index in [1.807, 2.05) is 48.7 Å². The molecule has 0 spiro atoms. The van der Waals surface area contributed by atoms with Gasteiger partial charge in [0.1, 0.15) is 10.4 Å². The van der Waals surface area contributed by atoms with E-state index in [1.165, 1.54) is 0 Å². The Kier molecular flexibility index (Phi) is 4.17. The van der Waals surface area contributed by atoms with Gasteiger partial charge in [-0.15, -0.1) is 0 Å². The van der Waals surface area contributed by atoms with Crippen molar-refractivity contribution in [1.82, 2.24) is 4.98 Å². The highest BCUT2D eigenvalue weighted by Gasteiger charge is 2.21. The number of pyridine rings is 1. The third-order valence-electron chi connectivity index (χ3n) is 3.98. The SMILES string of the molecule is Clc1ccc2c(c1)N(Cc1ccc(Br)nc1)Cc1ccccc1O2. The Morgan fingerprint density at radius 1 is 1.08 bits per heavy atom. The van der Waals surface area contributed by atoms with Crippen molar-refractivity contribution in [2.24, 2.45) is 0 Å². The van der Waals surface area contributed by atoms with Gasteiger partial charge in [-0.2, -0.15) is 0 Å². The lowest BCUT2D eigenvalue weighted by molar-refractivity contribution is 0.483. The predicted molar refractivity (Wildman–Crippen MR) is 99.8 cm³/mol. The number of para-hydroxylation sites is 1. The van der Waals surface area contributed by atoms with E-state index in [0.717, 1.165) is 46.0 Å². The number of aromatic nitrogens is 1. The molecule has 120 valence electrons. The number of hydrogen-bond donors (Lipinski definition) is 0. The van der Waals surface area contributed by atoms with Crippen LogP contribution in [0.25, 0.3) is 0 Å². The predicted octanol–water partition coefficient (Wildman–Crippen LogP) is 5.81. The van der Waals surface area contributed by atoms with Gasteiger partial charge in [0.15, 0.2) is 5.75 Å². The summed E-state index contributed by atoms with van der Waals surface area (Å²) in [7, 11) is 0. The zero-order chi connectivity index (χ0) is 16.5. The first-order valence-electron chi connectivity index (χ1n) is 7.60. The first-order valence-corrected chi connectivity index (χ1v) is 8.77. The summed E-state index contributed by atoms with van der Waals surface area (Å²) in [4.78, 5) is 6.58. The van der Waals surface area contributed by atoms with Crippen LogP contribution in [0.1, 0.15) is 11.1 Å². The molecular weight excluding hydrogens is 388 g/mol. The van der Waals surface area contributed by atoms with Crippen LogP contribution < -0.4 is 9.64 Å². The van der Waals surface area contributed by atoms with Crippen LogP contribution in [0.4, 0.5) is 5.69 Å². The fourth-order valence-corrected chi connectivity index (χ4v) is 3.23. The van der Waals surface area contributed by atoms with Crippen molar-refractivity contribution in [3.63, 3.8) is 0 Å². The molecule has 0 amide bonds. The maximum atomic E-state index is 6.23. The molecule has 0 aliphatic carbocycles. The van der Waals surface area contributed by atoms with E-state index in [2.05, 4.69) is 37.9 Å². The second kappa shape index (κ2) is 6.46. The van der Waals surface area contributed by atoms with Crippen LogP contribution in [0, 0.1) is 0 Å². The van der Waals surface area contributed by atoms with Gasteiger partial charge in [-0.05, 0) is 51.8 Å². The number of rotatable bonds is 2. The van der Waals surface area contributed by atoms with Crippen LogP contribution in [0.3, 0.4) is 0 Å². The standard InChI is InChI=1S/C19H14BrClN2O/c20-19-8-5-13(10-22-19)11-23-12-14-3-1-2-4-17(14)24-18-7-6-15(21)9-16(18)23/h1-10H,11-12H2. The molecule has 0 bridgehead atoms. The fraction of sp³-hybridized carbons (Fsp3) is 0.105. The minimum absolute atomic E-state index is 0.697. The third kappa shape index (κ3) is 3.12. The van der Waals surface area contributed by atoms with E-state index in [1.54, 1.807) is 0 Å². The van der Waals surface area contributed by atoms with Crippen LogP contribution in [-0.4, -0.2) is 4.98 Å². The molecule has 0 saturated heterocycles. The molecule has 5 heteroatoms. The van der Waals surface area contributed by atoms with Crippen molar-refractivity contribution in [3.05, 3.63) is 81.5 Å². The Hall–Kier alpha value is -2.04. The first kappa shape index (κ1) is 15.5. The molecule has 0 saturated carbocycles. The summed E-state index contributed by atoms with van der Waals surface area (Å²) < 4.78 is 6.95. The van der Waals surface area contributed by atoms with Crippen molar-refractivity contribution in [3.8, 4) is 11.5 Å². The van der Waals surface area contributed by atoms with Crippen molar-refractivity contribution in [2.75, 3.05) is 4.90 Å². The van der Waals surface area contributed by atoms with Gasteiger partial charge >= 0.3 is 0 Å². The second-order valence-corrected chi connectivity index (χ2v) is 6.92. The highest BCUT2D eigenvalue weighted by molar-refractivity contribution is 9.10. The van der Waals surface area contributed by atoms with Gasteiger partial charge in [0.2, 0.25) is 0 Å². The molecule has 0 N–H and O–H groups in total. The lowest BCUT2D eigenvalue weighted by atomic mass is 10.1. The molecule has 3 aromatic rings. The van der Waals surface area contributed by atoms with Crippen LogP contribution >= 0.6 is 27.5 Å². The average molecular weight is 402 g/mol. The maximum absolute atomic E-state index is 6.23. The Labute approximate surface area is 154 Å². The van der Waals surface area contributed by atoms with Crippen molar-refractivity contribution < 1.29 is 4.74 Å². The molecule has 1 aliphatic rings. The van der Waals surface area contributed by atoms with E-state index in [4.69, 9.17) is 16.3 Å². The number of benzene rings is 2. The number of nitrogens with zero attached hydrogens (tertiary/aromatic N) is 2. The topological polar surface area (TPSA) is 25.4 Å². The van der Waals surface area contributed by atoms with Gasteiger partial charge in [0.05, 0.1) is 5.69 Å². The molecule has 0 atom stereocenters. The van der Waals surface area contributed by atoms with Crippen molar-refractivity contribution in [1.29, 1.82) is 0 Å². The molecule has 2 aromatic carbocycles. The van der Waals surface area contributed by atoms with Gasteiger partial charge in [-0.25, -0.2) is 4.98 Å². The van der Waals surface area contributed by atoms with Gasteiger partial charge in [-0.1, -0.05) is 35.9 Å². The van der Waals surface area contributed by atoms with E-state index in [9.17, 15) is 0 Å². The summed E-state index contributed by atoms with van der Waals surface area (Å²) >= 11 is 9.61. The van der Waals surface area contributed by atoms with E-state index < -0.39 is 0 Å². The quantitative estimate of drug-likeness (QED) is 0.507. The van der Waals surface area contributed by atoms with Crippen molar-refractivity contribution in [2.45, 2.75) is 13.1 Å². The summed E-state index contributed by atoms with van der Waals surface area (Å²) in [5.74, 6) is 1.70. The Bertz CT molecular complexity index is 883. The number of anilines is 1. The molecular formula is C19H14BrClN2O. The third-order valence-corrected chi connectivity index (χ3v) is 4.68. The molecule has 0 fully saturated rings. The molecule has 0 radical (unpaired) electrons. The minimum Gasteiger partial charge on any atom is -0.455 e. The van der Waals surface area contributed by atoms with Gasteiger partial charge in [0.25, 0.3) is 0 Å². The fourth-order valence-electron chi connectivity index (χ4n) is 2.83. The number of halogens is 2. The average Bonchev–Trinajstić information content (AvgIpc) is 2.73. The van der Waals surface area contributed by atoms with Crippen molar-refractivity contribution >= 4 is 33.2 Å². The molecule has 0 unspecified atom stereocenters. The second-order valence-electron chi connectivity index (χ2n) is 5.67. The Balaban J connectivity index is 1.76. The lowest BCUT2D eigenvalue weighted by Crippen LogP contribution is -2.21. The largest absolute Gasteiger partial charge is 0.455 e. The molecule has 1 aromatic heterocycles. The smallest absolute Gasteiger partial charge is 0.150 e. The lowest BCUT2D eigenvalue weighted by Gasteiger charge is -2.24. The molecule has 2 heterocycles. The Morgan fingerprint density at radius 2 is 1.96 bits per heavy atom. The number of fused-ring (bicyclic) bond motifs is 2. The maximum Gasteiger partial charge on any atom is 0.150 e. The monoisotopic (exact) mass is 400 g/mol. The summed E-state index contributed by atoms with van der Waals surface area (Å²) in [6, 6.07) is 17.9. The zero-order valence-electron chi connectivity index (χ0n) is 12.7. The molecule has 3 nitrogen and oxygen atoms in total. The van der Waals surface area contributed by atoms with Crippen LogP contribution in [0.5, 0.6) is 11.5 Å². The highest BCUT2D eigenvalue weighted by atomic mass is 79.9. The van der Waals surface area contributed by atoms with Gasteiger partial charge < -0.3 is 9.64 Å². The minimum atomic E-state index is 0.697. The van der Waals surface area contributed by atoms with E-state index in [0.29, 0.717) is 5.02 Å². The van der Waals surface area contributed by atoms with Crippen LogP contribution in [0.2, 0.25) is 5.02 Å². The van der Waals surface area contributed by atoms with Crippen LogP contribution in [0.15, 0.2) is 65.4 Å². The zero-order valence-corrected chi connectivity index (χ0v) is 15.1. The summed E-state index contributed by atoms with van der Waals surface area (Å²) in [6.45, 7) is 1.48. The Morgan fingerprint density at radius 3 is 2.79 bits per heavy atom. The summed E-state index contributed by atoms with van der Waals surface area (Å²) in [5.41, 5.74) is 3.26. The van der Waals surface area contributed by atoms with Crippen LogP contribution in [-0.2, 0) is 13.1 Å². The normalized spacial score (nSPS) is 12.8. The molecule has 24 heavy (non-hydrogen) atoms. The summed E-state index contributed by atoms with van der Waals surface area (Å²) in [5, 5.41) is 0.697. The molecule has 4 rings (SSSR count). The first-order chi connectivity index (χ1) is 11.7. The summed E-state index contributed by atoms with van der Waals surface area (Å²) in [6.07, 6.45) is 1.88. The highest BCUT2D eigenvalue weighted by Crippen LogP contribution is 2.40. The van der Waals surface area contributed by atoms with E-state index >= 15 is 0 Å². The van der Waals surface area contributed by atoms with Gasteiger partial charge in [0, 0.05) is 29.9 Å². The van der Waals surface area contributed by atoms with Gasteiger partial charge in [-0.3, -0.25) is 0 Å². The number of ether oxygens (including phenoxy) is 1.